The van der Waals surface area contributed by atoms with E-state index in [1.807, 2.05) is 6.92 Å². The quantitative estimate of drug-likeness (QED) is 0.216. The Kier molecular flexibility index (Phi) is 9.28. The number of allylic oxidation sites excluding steroid dienone is 1. The molecule has 0 saturated carbocycles. The van der Waals surface area contributed by atoms with Crippen molar-refractivity contribution in [1.29, 1.82) is 0 Å². The van der Waals surface area contributed by atoms with E-state index < -0.39 is 24.0 Å². The topological polar surface area (TPSA) is 123 Å². The van der Waals surface area contributed by atoms with E-state index in [1.54, 1.807) is 6.08 Å². The van der Waals surface area contributed by atoms with Crippen molar-refractivity contribution in [2.75, 3.05) is 13.2 Å². The van der Waals surface area contributed by atoms with Crippen LogP contribution in [0.4, 0.5) is 0 Å². The third-order valence-electron chi connectivity index (χ3n) is 3.86. The largest absolute Gasteiger partial charge is 0.481 e. The molecule has 0 bridgehead atoms. The maximum absolute atomic E-state index is 11.2. The second-order valence-electron chi connectivity index (χ2n) is 7.10. The van der Waals surface area contributed by atoms with E-state index in [0.717, 1.165) is 18.4 Å². The van der Waals surface area contributed by atoms with E-state index in [1.165, 1.54) is 0 Å². The lowest BCUT2D eigenvalue weighted by Gasteiger charge is -2.36. The number of phosphoric ester groups is 1. The van der Waals surface area contributed by atoms with Gasteiger partial charge in [-0.15, -0.1) is 0 Å². The molecule has 0 amide bonds. The Morgan fingerprint density at radius 3 is 2.17 bits per heavy atom. The molecule has 0 spiro atoms. The highest BCUT2D eigenvalue weighted by atomic mass is 31.3. The molecule has 0 aromatic heterocycles. The molecule has 8 nitrogen and oxygen atoms in total. The molecule has 0 aliphatic carbocycles. The van der Waals surface area contributed by atoms with Crippen LogP contribution in [-0.2, 0) is 22.4 Å². The maximum Gasteiger partial charge on any atom is 0.481 e. The fourth-order valence-corrected chi connectivity index (χ4v) is 4.04. The minimum absolute atomic E-state index is 0.160. The molecule has 0 aliphatic heterocycles. The van der Waals surface area contributed by atoms with Crippen molar-refractivity contribution < 1.29 is 37.1 Å². The van der Waals surface area contributed by atoms with Crippen LogP contribution >= 0.6 is 15.6 Å². The van der Waals surface area contributed by atoms with Crippen molar-refractivity contribution in [3.63, 3.8) is 0 Å². The molecule has 144 valence electrons. The normalized spacial score (nSPS) is 17.0. The molecule has 0 radical (unpaired) electrons. The molecule has 1 unspecified atom stereocenters. The van der Waals surface area contributed by atoms with Crippen molar-refractivity contribution in [3.05, 3.63) is 11.6 Å². The number of rotatable bonds is 10. The van der Waals surface area contributed by atoms with E-state index >= 15 is 0 Å². The summed E-state index contributed by atoms with van der Waals surface area (Å²) < 4.78 is 36.0. The van der Waals surface area contributed by atoms with E-state index in [-0.39, 0.29) is 11.6 Å². The molecule has 3 N–H and O–H groups in total. The predicted octanol–water partition coefficient (Wildman–Crippen LogP) is 3.96. The summed E-state index contributed by atoms with van der Waals surface area (Å²) in [6.07, 6.45) is 3.11. The van der Waals surface area contributed by atoms with Gasteiger partial charge in [-0.1, -0.05) is 32.4 Å². The van der Waals surface area contributed by atoms with Gasteiger partial charge in [-0.25, -0.2) is 9.13 Å². The summed E-state index contributed by atoms with van der Waals surface area (Å²) >= 11 is 0. The molecule has 0 fully saturated rings. The predicted molar refractivity (Wildman–Crippen MR) is 95.0 cm³/mol. The Labute approximate surface area is 145 Å². The number of hydrogen-bond acceptors (Lipinski definition) is 5. The van der Waals surface area contributed by atoms with Gasteiger partial charge in [0.05, 0.1) is 6.61 Å². The van der Waals surface area contributed by atoms with Crippen LogP contribution in [0.1, 0.15) is 40.5 Å². The fraction of sp³-hybridized carbons (Fsp3) is 0.846. The molecule has 0 aliphatic rings. The molecule has 0 saturated heterocycles. The van der Waals surface area contributed by atoms with Gasteiger partial charge in [0.2, 0.25) is 0 Å². The van der Waals surface area contributed by atoms with E-state index in [4.69, 9.17) is 19.1 Å². The van der Waals surface area contributed by atoms with E-state index in [2.05, 4.69) is 42.7 Å². The lowest BCUT2D eigenvalue weighted by atomic mass is 10.2. The lowest BCUT2D eigenvalue weighted by molar-refractivity contribution is 0.191. The zero-order chi connectivity index (χ0) is 19.2. The summed E-state index contributed by atoms with van der Waals surface area (Å²) in [5, 5.41) is 0.160. The second-order valence-corrected chi connectivity index (χ2v) is 14.7. The van der Waals surface area contributed by atoms with Gasteiger partial charge < -0.3 is 19.1 Å². The second kappa shape index (κ2) is 9.21. The molecular formula is C13H30O8P2Si. The zero-order valence-electron chi connectivity index (χ0n) is 15.2. The van der Waals surface area contributed by atoms with E-state index in [0.29, 0.717) is 6.61 Å². The minimum atomic E-state index is -5.07. The number of hydrogen-bond donors (Lipinski definition) is 3. The van der Waals surface area contributed by atoms with Crippen LogP contribution in [0.3, 0.4) is 0 Å². The van der Waals surface area contributed by atoms with Crippen LogP contribution in [0.5, 0.6) is 0 Å². The molecule has 11 heteroatoms. The summed E-state index contributed by atoms with van der Waals surface area (Å²) in [6.45, 7) is 13.1. The van der Waals surface area contributed by atoms with Crippen molar-refractivity contribution >= 4 is 24.0 Å². The molecule has 0 rings (SSSR count). The minimum Gasteiger partial charge on any atom is -0.417 e. The SMILES string of the molecule is C/C(=C\COP(=O)(O)OP(=O)(O)O)CCCO[Si](C)(C)C(C)(C)C. The average Bonchev–Trinajstić information content (AvgIpc) is 2.29. The van der Waals surface area contributed by atoms with Gasteiger partial charge in [0.25, 0.3) is 0 Å². The first-order valence-corrected chi connectivity index (χ1v) is 13.5. The summed E-state index contributed by atoms with van der Waals surface area (Å²) in [5.74, 6) is 0. The highest BCUT2D eigenvalue weighted by Gasteiger charge is 2.36. The first kappa shape index (κ1) is 24.2. The molecule has 24 heavy (non-hydrogen) atoms. The highest BCUT2D eigenvalue weighted by molar-refractivity contribution is 7.60. The van der Waals surface area contributed by atoms with Crippen LogP contribution in [0.2, 0.25) is 18.1 Å². The van der Waals surface area contributed by atoms with Crippen LogP contribution in [0.25, 0.3) is 0 Å². The van der Waals surface area contributed by atoms with Crippen molar-refractivity contribution in [1.82, 2.24) is 0 Å². The smallest absolute Gasteiger partial charge is 0.417 e. The number of phosphoric acid groups is 2. The zero-order valence-corrected chi connectivity index (χ0v) is 18.0. The van der Waals surface area contributed by atoms with Crippen LogP contribution in [0.15, 0.2) is 11.6 Å². The van der Waals surface area contributed by atoms with Crippen LogP contribution in [0, 0.1) is 0 Å². The monoisotopic (exact) mass is 404 g/mol. The van der Waals surface area contributed by atoms with Gasteiger partial charge in [0, 0.05) is 6.61 Å². The maximum atomic E-state index is 11.2. The van der Waals surface area contributed by atoms with Crippen LogP contribution < -0.4 is 0 Å². The first-order chi connectivity index (χ1) is 10.6. The third kappa shape index (κ3) is 10.9. The Balaban J connectivity index is 4.18. The summed E-state index contributed by atoms with van der Waals surface area (Å²) in [5.41, 5.74) is 0.921. The standard InChI is InChI=1S/C13H30O8P2Si/c1-12(8-7-10-20-24(5,6)13(2,3)4)9-11-19-23(17,18)21-22(14,15)16/h9H,7-8,10-11H2,1-6H3,(H,17,18)(H2,14,15,16)/b12-9+. The van der Waals surface area contributed by atoms with Crippen molar-refractivity contribution in [2.24, 2.45) is 0 Å². The van der Waals surface area contributed by atoms with Gasteiger partial charge in [-0.2, -0.15) is 4.31 Å². The van der Waals surface area contributed by atoms with Gasteiger partial charge in [0.1, 0.15) is 0 Å². The summed E-state index contributed by atoms with van der Waals surface area (Å²) in [4.78, 5) is 26.1. The Morgan fingerprint density at radius 2 is 1.71 bits per heavy atom. The fourth-order valence-electron chi connectivity index (χ4n) is 1.43. The summed E-state index contributed by atoms with van der Waals surface area (Å²) in [6, 6.07) is 0. The molecule has 0 heterocycles. The Hall–Kier alpha value is 0.177. The highest BCUT2D eigenvalue weighted by Crippen LogP contribution is 2.57. The van der Waals surface area contributed by atoms with Gasteiger partial charge in [0.15, 0.2) is 8.32 Å². The van der Waals surface area contributed by atoms with Crippen molar-refractivity contribution in [3.8, 4) is 0 Å². The van der Waals surface area contributed by atoms with Gasteiger partial charge in [-0.3, -0.25) is 4.52 Å². The van der Waals surface area contributed by atoms with E-state index in [9.17, 15) is 9.13 Å². The molecule has 1 atom stereocenters. The first-order valence-electron chi connectivity index (χ1n) is 7.59. The third-order valence-corrected chi connectivity index (χ3v) is 10.6. The lowest BCUT2D eigenvalue weighted by Crippen LogP contribution is -2.40. The van der Waals surface area contributed by atoms with Gasteiger partial charge >= 0.3 is 15.6 Å². The van der Waals surface area contributed by atoms with Crippen LogP contribution in [-0.4, -0.2) is 36.2 Å². The Bertz CT molecular complexity index is 521. The molecule has 0 aromatic carbocycles. The average molecular weight is 404 g/mol. The Morgan fingerprint density at radius 1 is 1.17 bits per heavy atom. The van der Waals surface area contributed by atoms with Crippen molar-refractivity contribution in [2.45, 2.75) is 58.7 Å². The van der Waals surface area contributed by atoms with Gasteiger partial charge in [-0.05, 0) is 37.9 Å². The molecular weight excluding hydrogens is 374 g/mol. The molecule has 0 aromatic rings. The summed E-state index contributed by atoms with van der Waals surface area (Å²) in [7, 11) is -11.6.